The number of nitrogen functional groups attached to an aromatic ring is 1. The number of amides is 2. The summed E-state index contributed by atoms with van der Waals surface area (Å²) in [4.78, 5) is 40.1. The number of ether oxygens (including phenoxy) is 1. The maximum absolute atomic E-state index is 12.2. The Balaban J connectivity index is 1.62. The van der Waals surface area contributed by atoms with Crippen LogP contribution in [0.4, 0.5) is 16.2 Å². The van der Waals surface area contributed by atoms with Gasteiger partial charge < -0.3 is 25.9 Å². The number of methoxy groups -OCH3 is 1. The van der Waals surface area contributed by atoms with Crippen LogP contribution >= 0.6 is 0 Å². The second-order valence-corrected chi connectivity index (χ2v) is 5.80. The Bertz CT molecular complexity index is 913. The van der Waals surface area contributed by atoms with Crippen LogP contribution in [0.25, 0.3) is 0 Å². The Kier molecular flexibility index (Phi) is 5.23. The van der Waals surface area contributed by atoms with Gasteiger partial charge in [0.2, 0.25) is 0 Å². The molecule has 0 fully saturated rings. The second-order valence-electron chi connectivity index (χ2n) is 5.80. The number of hydrogen-bond donors (Lipinski definition) is 4. The number of hydrogen-bond acceptors (Lipinski definition) is 7. The lowest BCUT2D eigenvalue weighted by atomic mass is 10.1. The zero-order valence-electron chi connectivity index (χ0n) is 14.5. The third kappa shape index (κ3) is 4.15. The number of nitrogens with one attached hydrogen (secondary N) is 3. The molecule has 2 aromatic carbocycles. The van der Waals surface area contributed by atoms with E-state index in [2.05, 4.69) is 20.9 Å². The minimum Gasteiger partial charge on any atom is -0.465 e. The molecule has 0 bridgehead atoms. The van der Waals surface area contributed by atoms with E-state index >= 15 is 0 Å². The first-order valence-corrected chi connectivity index (χ1v) is 8.06. The van der Waals surface area contributed by atoms with Gasteiger partial charge in [-0.2, -0.15) is 0 Å². The Morgan fingerprint density at radius 3 is 2.67 bits per heavy atom. The highest BCUT2D eigenvalue weighted by Gasteiger charge is 2.17. The number of rotatable bonds is 5. The molecule has 0 aliphatic carbocycles. The monoisotopic (exact) mass is 370 g/mol. The van der Waals surface area contributed by atoms with Crippen LogP contribution in [0.15, 0.2) is 36.4 Å². The van der Waals surface area contributed by atoms with Crippen LogP contribution in [0.3, 0.4) is 0 Å². The van der Waals surface area contributed by atoms with Gasteiger partial charge in [-0.3, -0.25) is 0 Å². The summed E-state index contributed by atoms with van der Waals surface area (Å²) in [5, 5.41) is 5.27. The van der Waals surface area contributed by atoms with E-state index in [1.807, 2.05) is 0 Å². The molecule has 0 saturated heterocycles. The maximum atomic E-state index is 12.2. The fourth-order valence-corrected chi connectivity index (χ4v) is 2.57. The van der Waals surface area contributed by atoms with E-state index in [1.54, 1.807) is 36.4 Å². The third-order valence-corrected chi connectivity index (χ3v) is 4.02. The fourth-order valence-electron chi connectivity index (χ4n) is 2.57. The number of benzene rings is 2. The lowest BCUT2D eigenvalue weighted by Crippen LogP contribution is -2.33. The van der Waals surface area contributed by atoms with Crippen LogP contribution in [0, 0.1) is 0 Å². The zero-order chi connectivity index (χ0) is 19.4. The van der Waals surface area contributed by atoms with Gasteiger partial charge in [-0.05, 0) is 47.5 Å². The first-order valence-electron chi connectivity index (χ1n) is 8.06. The Labute approximate surface area is 154 Å². The van der Waals surface area contributed by atoms with Gasteiger partial charge in [0.15, 0.2) is 0 Å². The number of nitrogens with two attached hydrogens (primary N) is 1. The van der Waals surface area contributed by atoms with Gasteiger partial charge in [-0.1, -0.05) is 0 Å². The van der Waals surface area contributed by atoms with Crippen LogP contribution in [0.2, 0.25) is 0 Å². The van der Waals surface area contributed by atoms with Gasteiger partial charge in [0.05, 0.1) is 24.8 Å². The lowest BCUT2D eigenvalue weighted by molar-refractivity contribution is 0.0237. The molecule has 2 aromatic rings. The molecule has 0 saturated carbocycles. The minimum absolute atomic E-state index is 0.116. The van der Waals surface area contributed by atoms with Crippen molar-refractivity contribution in [2.24, 2.45) is 0 Å². The molecule has 27 heavy (non-hydrogen) atoms. The maximum Gasteiger partial charge on any atom is 0.356 e. The predicted octanol–water partition coefficient (Wildman–Crippen LogP) is 1.55. The van der Waals surface area contributed by atoms with Gasteiger partial charge in [0.1, 0.15) is 0 Å². The largest absolute Gasteiger partial charge is 0.465 e. The number of hydroxylamine groups is 1. The lowest BCUT2D eigenvalue weighted by Gasteiger charge is -2.18. The molecule has 0 unspecified atom stereocenters. The Morgan fingerprint density at radius 2 is 1.89 bits per heavy atom. The first-order chi connectivity index (χ1) is 13.0. The quantitative estimate of drug-likeness (QED) is 0.357. The molecular formula is C18H18N4O5. The van der Waals surface area contributed by atoms with E-state index in [-0.39, 0.29) is 12.6 Å². The first kappa shape index (κ1) is 18.2. The molecule has 0 spiro atoms. The number of carbonyl (C=O) groups is 3. The highest BCUT2D eigenvalue weighted by atomic mass is 16.7. The summed E-state index contributed by atoms with van der Waals surface area (Å²) >= 11 is 0. The van der Waals surface area contributed by atoms with E-state index < -0.39 is 11.9 Å². The van der Waals surface area contributed by atoms with Crippen LogP contribution in [0.5, 0.6) is 0 Å². The summed E-state index contributed by atoms with van der Waals surface area (Å²) in [6, 6.07) is 9.24. The molecule has 5 N–H and O–H groups in total. The van der Waals surface area contributed by atoms with Crippen molar-refractivity contribution >= 4 is 29.3 Å². The molecule has 0 atom stereocenters. The number of fused-ring (bicyclic) bond motifs is 1. The smallest absolute Gasteiger partial charge is 0.356 e. The summed E-state index contributed by atoms with van der Waals surface area (Å²) in [7, 11) is 1.29. The number of esters is 1. The molecule has 3 rings (SSSR count). The molecular weight excluding hydrogens is 352 g/mol. The van der Waals surface area contributed by atoms with Crippen LogP contribution in [-0.2, 0) is 22.7 Å². The van der Waals surface area contributed by atoms with Crippen LogP contribution in [-0.4, -0.2) is 25.1 Å². The topological polar surface area (TPSA) is 132 Å². The van der Waals surface area contributed by atoms with Crippen molar-refractivity contribution < 1.29 is 24.0 Å². The summed E-state index contributed by atoms with van der Waals surface area (Å²) in [6.45, 7) is 0.442. The predicted molar refractivity (Wildman–Crippen MR) is 96.7 cm³/mol. The summed E-state index contributed by atoms with van der Waals surface area (Å²) < 4.78 is 4.67. The van der Waals surface area contributed by atoms with E-state index in [9.17, 15) is 14.4 Å². The van der Waals surface area contributed by atoms with Gasteiger partial charge in [0, 0.05) is 17.9 Å². The fraction of sp³-hybridized carbons (Fsp3) is 0.167. The van der Waals surface area contributed by atoms with E-state index in [0.717, 1.165) is 5.56 Å². The van der Waals surface area contributed by atoms with Crippen molar-refractivity contribution in [1.29, 1.82) is 0 Å². The van der Waals surface area contributed by atoms with Crippen LogP contribution < -0.4 is 21.8 Å². The highest BCUT2D eigenvalue weighted by molar-refractivity contribution is 5.95. The number of anilines is 2. The average molecular weight is 370 g/mol. The van der Waals surface area contributed by atoms with Gasteiger partial charge >= 0.3 is 18.0 Å². The van der Waals surface area contributed by atoms with E-state index in [0.29, 0.717) is 34.6 Å². The second kappa shape index (κ2) is 7.75. The molecule has 0 radical (unpaired) electrons. The standard InChI is InChI=1S/C18H18N4O5/c1-26-16(23)10-2-4-14(19)12(6-10)9-21-27-17(24)11-3-5-15-13(7-11)8-20-18(25)22-15/h2-7,21H,8-9,19H2,1H3,(H2,20,22,25). The third-order valence-electron chi connectivity index (χ3n) is 4.02. The molecule has 9 nitrogen and oxygen atoms in total. The van der Waals surface area contributed by atoms with E-state index in [1.165, 1.54) is 7.11 Å². The molecule has 0 aromatic heterocycles. The SMILES string of the molecule is COC(=O)c1ccc(N)c(CNOC(=O)c2ccc3c(c2)CNC(=O)N3)c1. The van der Waals surface area contributed by atoms with Crippen molar-refractivity contribution in [2.75, 3.05) is 18.2 Å². The molecule has 140 valence electrons. The molecule has 1 aliphatic rings. The average Bonchev–Trinajstić information content (AvgIpc) is 2.68. The van der Waals surface area contributed by atoms with Crippen molar-refractivity contribution in [3.63, 3.8) is 0 Å². The van der Waals surface area contributed by atoms with Gasteiger partial charge in [-0.25, -0.2) is 14.4 Å². The molecule has 1 aliphatic heterocycles. The summed E-state index contributed by atoms with van der Waals surface area (Å²) in [6.07, 6.45) is 0. The van der Waals surface area contributed by atoms with Gasteiger partial charge in [-0.15, -0.1) is 5.48 Å². The van der Waals surface area contributed by atoms with Gasteiger partial charge in [0.25, 0.3) is 0 Å². The Morgan fingerprint density at radius 1 is 1.15 bits per heavy atom. The Hall–Kier alpha value is -3.59. The molecule has 1 heterocycles. The zero-order valence-corrected chi connectivity index (χ0v) is 14.5. The number of carbonyl (C=O) groups excluding carboxylic acids is 3. The molecule has 2 amide bonds. The minimum atomic E-state index is -0.586. The summed E-state index contributed by atoms with van der Waals surface area (Å²) in [5.74, 6) is -1.07. The molecule has 9 heteroatoms. The summed E-state index contributed by atoms with van der Waals surface area (Å²) in [5.41, 5.74) is 11.6. The van der Waals surface area contributed by atoms with Crippen LogP contribution in [0.1, 0.15) is 31.8 Å². The van der Waals surface area contributed by atoms with Crippen molar-refractivity contribution in [3.05, 3.63) is 58.7 Å². The highest BCUT2D eigenvalue weighted by Crippen LogP contribution is 2.21. The van der Waals surface area contributed by atoms with Crippen molar-refractivity contribution in [2.45, 2.75) is 13.1 Å². The number of urea groups is 1. The van der Waals surface area contributed by atoms with Crippen molar-refractivity contribution in [3.8, 4) is 0 Å². The van der Waals surface area contributed by atoms with Crippen molar-refractivity contribution in [1.82, 2.24) is 10.8 Å². The normalized spacial score (nSPS) is 12.4. The van der Waals surface area contributed by atoms with E-state index in [4.69, 9.17) is 10.6 Å².